The predicted octanol–water partition coefficient (Wildman–Crippen LogP) is 2.17. The van der Waals surface area contributed by atoms with E-state index in [0.717, 1.165) is 25.2 Å². The number of rotatable bonds is 8. The normalized spacial score (nSPS) is 15.0. The third kappa shape index (κ3) is 4.63. The summed E-state index contributed by atoms with van der Waals surface area (Å²) in [6.07, 6.45) is 3.86. The summed E-state index contributed by atoms with van der Waals surface area (Å²) in [5.41, 5.74) is 9.12. The van der Waals surface area contributed by atoms with Gasteiger partial charge in [-0.15, -0.1) is 0 Å². The molecule has 0 spiro atoms. The first-order valence-corrected chi connectivity index (χ1v) is 10.3. The van der Waals surface area contributed by atoms with Crippen molar-refractivity contribution in [1.29, 1.82) is 0 Å². The molecule has 3 aromatic rings. The smallest absolute Gasteiger partial charge is 0.320 e. The molecular weight excluding hydrogens is 384 g/mol. The summed E-state index contributed by atoms with van der Waals surface area (Å²) in [6.45, 7) is 4.38. The van der Waals surface area contributed by atoms with Crippen LogP contribution in [0.2, 0.25) is 0 Å². The highest BCUT2D eigenvalue weighted by Crippen LogP contribution is 2.26. The van der Waals surface area contributed by atoms with E-state index < -0.39 is 0 Å². The molecule has 30 heavy (non-hydrogen) atoms. The predicted molar refractivity (Wildman–Crippen MR) is 113 cm³/mol. The number of hydrogen-bond acceptors (Lipinski definition) is 8. The lowest BCUT2D eigenvalue weighted by Crippen LogP contribution is -2.29. The van der Waals surface area contributed by atoms with E-state index in [4.69, 9.17) is 15.2 Å². The van der Waals surface area contributed by atoms with Crippen LogP contribution >= 0.6 is 0 Å². The van der Waals surface area contributed by atoms with E-state index in [1.807, 2.05) is 12.1 Å². The average Bonchev–Trinajstić information content (AvgIpc) is 3.05. The Kier molecular flexibility index (Phi) is 6.29. The number of anilines is 1. The minimum atomic E-state index is -0.151. The van der Waals surface area contributed by atoms with E-state index in [0.29, 0.717) is 30.9 Å². The highest BCUT2D eigenvalue weighted by atomic mass is 16.5. The summed E-state index contributed by atoms with van der Waals surface area (Å²) in [7, 11) is 1.59. The maximum atomic E-state index is 10.4. The number of imidazole rings is 1. The van der Waals surface area contributed by atoms with Crippen molar-refractivity contribution in [3.8, 4) is 12.0 Å². The van der Waals surface area contributed by atoms with Gasteiger partial charge in [0.1, 0.15) is 6.61 Å². The lowest BCUT2D eigenvalue weighted by atomic mass is 10.1. The van der Waals surface area contributed by atoms with Crippen molar-refractivity contribution in [2.75, 3.05) is 39.1 Å². The second kappa shape index (κ2) is 9.27. The van der Waals surface area contributed by atoms with Crippen LogP contribution in [0.15, 0.2) is 24.3 Å². The Morgan fingerprint density at radius 1 is 1.03 bits per heavy atom. The zero-order chi connectivity index (χ0) is 20.9. The number of piperidine rings is 1. The van der Waals surface area contributed by atoms with Crippen molar-refractivity contribution >= 4 is 17.0 Å². The summed E-state index contributed by atoms with van der Waals surface area (Å²) in [5, 5.41) is 10.4. The lowest BCUT2D eigenvalue weighted by Gasteiger charge is -2.26. The molecule has 1 fully saturated rings. The second-order valence-electron chi connectivity index (χ2n) is 7.56. The Morgan fingerprint density at radius 3 is 2.57 bits per heavy atom. The molecule has 1 saturated heterocycles. The molecule has 1 aromatic carbocycles. The van der Waals surface area contributed by atoms with E-state index in [1.54, 1.807) is 11.7 Å². The van der Waals surface area contributed by atoms with E-state index in [9.17, 15) is 5.11 Å². The summed E-state index contributed by atoms with van der Waals surface area (Å²) >= 11 is 0. The van der Waals surface area contributed by atoms with E-state index in [-0.39, 0.29) is 17.8 Å². The van der Waals surface area contributed by atoms with Crippen molar-refractivity contribution in [2.45, 2.75) is 32.4 Å². The van der Waals surface area contributed by atoms with Crippen molar-refractivity contribution in [1.82, 2.24) is 24.4 Å². The van der Waals surface area contributed by atoms with E-state index >= 15 is 0 Å². The van der Waals surface area contributed by atoms with Gasteiger partial charge in [-0.1, -0.05) is 30.7 Å². The number of aromatic nitrogens is 4. The van der Waals surface area contributed by atoms with Crippen molar-refractivity contribution < 1.29 is 14.6 Å². The number of nitrogen functional groups attached to an aromatic ring is 1. The SMILES string of the molecule is COCCOc1nc(N)c2nc(O)n(Cc3cccc(CN4CCCCC4)c3)c2n1. The highest BCUT2D eigenvalue weighted by molar-refractivity contribution is 5.83. The zero-order valence-corrected chi connectivity index (χ0v) is 17.3. The maximum Gasteiger partial charge on any atom is 0.320 e. The van der Waals surface area contributed by atoms with Gasteiger partial charge in [0.05, 0.1) is 13.2 Å². The number of aromatic hydroxyl groups is 1. The molecule has 3 heterocycles. The quantitative estimate of drug-likeness (QED) is 0.542. The number of methoxy groups -OCH3 is 1. The number of ether oxygens (including phenoxy) is 2. The summed E-state index contributed by atoms with van der Waals surface area (Å²) in [4.78, 5) is 15.1. The molecule has 0 aliphatic carbocycles. The minimum Gasteiger partial charge on any atom is -0.480 e. The maximum absolute atomic E-state index is 10.4. The zero-order valence-electron chi connectivity index (χ0n) is 17.3. The molecule has 3 N–H and O–H groups in total. The van der Waals surface area contributed by atoms with Gasteiger partial charge in [-0.25, -0.2) is 0 Å². The molecule has 4 rings (SSSR count). The molecule has 0 amide bonds. The van der Waals surface area contributed by atoms with Crippen LogP contribution in [0.25, 0.3) is 11.2 Å². The second-order valence-corrected chi connectivity index (χ2v) is 7.56. The van der Waals surface area contributed by atoms with Crippen molar-refractivity contribution in [2.24, 2.45) is 0 Å². The van der Waals surface area contributed by atoms with Crippen LogP contribution in [0.1, 0.15) is 30.4 Å². The molecule has 1 aliphatic heterocycles. The van der Waals surface area contributed by atoms with Gasteiger partial charge in [0.2, 0.25) is 0 Å². The van der Waals surface area contributed by atoms with E-state index in [1.165, 1.54) is 24.8 Å². The van der Waals surface area contributed by atoms with Crippen LogP contribution in [0, 0.1) is 0 Å². The largest absolute Gasteiger partial charge is 0.480 e. The van der Waals surface area contributed by atoms with Gasteiger partial charge >= 0.3 is 6.01 Å². The fourth-order valence-corrected chi connectivity index (χ4v) is 3.80. The number of likely N-dealkylation sites (tertiary alicyclic amines) is 1. The monoisotopic (exact) mass is 412 g/mol. The number of hydrogen-bond donors (Lipinski definition) is 2. The number of nitrogens with zero attached hydrogens (tertiary/aromatic N) is 5. The first kappa shape index (κ1) is 20.4. The molecule has 0 atom stereocenters. The Morgan fingerprint density at radius 2 is 1.80 bits per heavy atom. The van der Waals surface area contributed by atoms with Gasteiger partial charge in [0.15, 0.2) is 17.0 Å². The minimum absolute atomic E-state index is 0.136. The average molecular weight is 412 g/mol. The van der Waals surface area contributed by atoms with Crippen LogP contribution in [0.5, 0.6) is 12.0 Å². The van der Waals surface area contributed by atoms with Crippen LogP contribution in [0.4, 0.5) is 5.82 Å². The van der Waals surface area contributed by atoms with Gasteiger partial charge < -0.3 is 20.3 Å². The number of fused-ring (bicyclic) bond motifs is 1. The molecule has 9 nitrogen and oxygen atoms in total. The molecular formula is C21H28N6O3. The number of benzene rings is 1. The third-order valence-electron chi connectivity index (χ3n) is 5.29. The van der Waals surface area contributed by atoms with Crippen molar-refractivity contribution in [3.63, 3.8) is 0 Å². The van der Waals surface area contributed by atoms with Crippen LogP contribution < -0.4 is 10.5 Å². The Labute approximate surface area is 175 Å². The fraction of sp³-hybridized carbons (Fsp3) is 0.476. The molecule has 1 aliphatic rings. The first-order chi connectivity index (χ1) is 14.6. The molecule has 0 radical (unpaired) electrons. The Balaban J connectivity index is 1.57. The van der Waals surface area contributed by atoms with Crippen LogP contribution in [-0.2, 0) is 17.8 Å². The standard InChI is InChI=1S/C21H28N6O3/c1-29-10-11-30-20-24-18(22)17-19(25-20)27(21(28)23-17)14-16-7-5-6-15(12-16)13-26-8-3-2-4-9-26/h5-7,12H,2-4,8-11,13-14H2,1H3,(H,23,28)(H2,22,24,25). The Hall–Kier alpha value is -2.91. The van der Waals surface area contributed by atoms with E-state index in [2.05, 4.69) is 32.0 Å². The molecule has 160 valence electrons. The summed E-state index contributed by atoms with van der Waals surface area (Å²) in [6, 6.07) is 8.38. The highest BCUT2D eigenvalue weighted by Gasteiger charge is 2.18. The van der Waals surface area contributed by atoms with Crippen molar-refractivity contribution in [3.05, 3.63) is 35.4 Å². The van der Waals surface area contributed by atoms with Gasteiger partial charge in [-0.2, -0.15) is 15.0 Å². The van der Waals surface area contributed by atoms with Gasteiger partial charge in [-0.3, -0.25) is 9.47 Å². The third-order valence-corrected chi connectivity index (χ3v) is 5.29. The molecule has 2 aromatic heterocycles. The lowest BCUT2D eigenvalue weighted by molar-refractivity contribution is 0.141. The molecule has 0 bridgehead atoms. The first-order valence-electron chi connectivity index (χ1n) is 10.3. The molecule has 9 heteroatoms. The summed E-state index contributed by atoms with van der Waals surface area (Å²) in [5.74, 6) is 0.167. The van der Waals surface area contributed by atoms with Gasteiger partial charge in [0.25, 0.3) is 6.01 Å². The Bertz CT molecular complexity index is 1000. The topological polar surface area (TPSA) is 112 Å². The molecule has 0 saturated carbocycles. The van der Waals surface area contributed by atoms with Gasteiger partial charge in [0, 0.05) is 13.7 Å². The fourth-order valence-electron chi connectivity index (χ4n) is 3.80. The van der Waals surface area contributed by atoms with Gasteiger partial charge in [-0.05, 0) is 37.1 Å². The molecule has 0 unspecified atom stereocenters. The number of nitrogens with two attached hydrogens (primary N) is 1. The van der Waals surface area contributed by atoms with Crippen LogP contribution in [0.3, 0.4) is 0 Å². The summed E-state index contributed by atoms with van der Waals surface area (Å²) < 4.78 is 12.1. The van der Waals surface area contributed by atoms with Crippen LogP contribution in [-0.4, -0.2) is 62.9 Å².